The fourth-order valence-electron chi connectivity index (χ4n) is 1.73. The second-order valence-corrected chi connectivity index (χ2v) is 4.92. The fraction of sp³-hybridized carbons (Fsp3) is 0.125. The van der Waals surface area contributed by atoms with Crippen molar-refractivity contribution < 1.29 is 13.9 Å². The number of rotatable bonds is 6. The Morgan fingerprint density at radius 3 is 2.70 bits per heavy atom. The topological polar surface area (TPSA) is 62.7 Å². The number of methoxy groups -OCH3 is 1. The molecule has 0 aliphatic rings. The molecule has 0 atom stereocenters. The van der Waals surface area contributed by atoms with Crippen molar-refractivity contribution in [2.75, 3.05) is 19.0 Å². The third kappa shape index (κ3) is 4.96. The maximum Gasteiger partial charge on any atom is 0.259 e. The number of carbonyl (C=O) groups excluding carboxylic acids is 1. The van der Waals surface area contributed by atoms with E-state index in [2.05, 4.69) is 15.8 Å². The Balaban J connectivity index is 1.84. The maximum absolute atomic E-state index is 13.5. The zero-order valence-corrected chi connectivity index (χ0v) is 13.1. The lowest BCUT2D eigenvalue weighted by atomic mass is 10.2. The SMILES string of the molecule is COc1ccc(NCC(=O)N/N=C\c2c(F)cccc2Cl)cc1. The molecule has 0 fully saturated rings. The van der Waals surface area contributed by atoms with Crippen LogP contribution >= 0.6 is 11.6 Å². The highest BCUT2D eigenvalue weighted by Crippen LogP contribution is 2.16. The number of nitrogens with zero attached hydrogens (tertiary/aromatic N) is 1. The van der Waals surface area contributed by atoms with E-state index >= 15 is 0 Å². The average Bonchev–Trinajstić information content (AvgIpc) is 2.56. The average molecular weight is 336 g/mol. The van der Waals surface area contributed by atoms with E-state index in [1.807, 2.05) is 0 Å². The molecular weight excluding hydrogens is 321 g/mol. The smallest absolute Gasteiger partial charge is 0.259 e. The molecule has 23 heavy (non-hydrogen) atoms. The Morgan fingerprint density at radius 1 is 1.30 bits per heavy atom. The van der Waals surface area contributed by atoms with Crippen LogP contribution in [0.25, 0.3) is 0 Å². The molecule has 0 spiro atoms. The Hall–Kier alpha value is -2.60. The van der Waals surface area contributed by atoms with Gasteiger partial charge < -0.3 is 10.1 Å². The molecule has 0 aliphatic carbocycles. The number of anilines is 1. The summed E-state index contributed by atoms with van der Waals surface area (Å²) in [7, 11) is 1.58. The first-order valence-corrected chi connectivity index (χ1v) is 7.12. The van der Waals surface area contributed by atoms with Gasteiger partial charge in [-0.2, -0.15) is 5.10 Å². The summed E-state index contributed by atoms with van der Waals surface area (Å²) in [5, 5.41) is 6.84. The number of carbonyl (C=O) groups is 1. The Bertz CT molecular complexity index is 685. The first-order valence-electron chi connectivity index (χ1n) is 6.74. The van der Waals surface area contributed by atoms with Gasteiger partial charge in [-0.15, -0.1) is 0 Å². The van der Waals surface area contributed by atoms with Crippen LogP contribution in [-0.2, 0) is 4.79 Å². The standard InChI is InChI=1S/C16H15ClFN3O2/c1-23-12-7-5-11(6-8-12)19-10-16(22)21-20-9-13-14(17)3-2-4-15(13)18/h2-9,19H,10H2,1H3,(H,21,22)/b20-9-. The van der Waals surface area contributed by atoms with E-state index < -0.39 is 5.82 Å². The molecule has 120 valence electrons. The minimum atomic E-state index is -0.508. The molecule has 7 heteroatoms. The molecule has 0 aromatic heterocycles. The van der Waals surface area contributed by atoms with Crippen LogP contribution in [0.1, 0.15) is 5.56 Å². The van der Waals surface area contributed by atoms with E-state index in [0.717, 1.165) is 11.4 Å². The molecule has 2 aromatic rings. The van der Waals surface area contributed by atoms with Crippen molar-refractivity contribution in [3.8, 4) is 5.75 Å². The minimum Gasteiger partial charge on any atom is -0.497 e. The Labute approximate surface area is 138 Å². The quantitative estimate of drug-likeness (QED) is 0.630. The molecule has 2 N–H and O–H groups in total. The summed E-state index contributed by atoms with van der Waals surface area (Å²) < 4.78 is 18.5. The predicted octanol–water partition coefficient (Wildman–Crippen LogP) is 3.05. The van der Waals surface area contributed by atoms with Crippen LogP contribution in [0.5, 0.6) is 5.75 Å². The fourth-order valence-corrected chi connectivity index (χ4v) is 1.95. The number of ether oxygens (including phenoxy) is 1. The van der Waals surface area contributed by atoms with Crippen molar-refractivity contribution in [2.24, 2.45) is 5.10 Å². The largest absolute Gasteiger partial charge is 0.497 e. The van der Waals surface area contributed by atoms with E-state index in [1.54, 1.807) is 37.4 Å². The highest BCUT2D eigenvalue weighted by Gasteiger charge is 2.04. The van der Waals surface area contributed by atoms with Gasteiger partial charge in [-0.25, -0.2) is 9.82 Å². The van der Waals surface area contributed by atoms with Crippen LogP contribution in [0.15, 0.2) is 47.6 Å². The van der Waals surface area contributed by atoms with Crippen molar-refractivity contribution in [1.29, 1.82) is 0 Å². The number of hydrazone groups is 1. The molecule has 5 nitrogen and oxygen atoms in total. The third-order valence-corrected chi connectivity index (χ3v) is 3.26. The molecule has 2 rings (SSSR count). The maximum atomic E-state index is 13.5. The zero-order chi connectivity index (χ0) is 16.7. The first kappa shape index (κ1) is 16.8. The highest BCUT2D eigenvalue weighted by molar-refractivity contribution is 6.33. The van der Waals surface area contributed by atoms with Crippen LogP contribution in [-0.4, -0.2) is 25.8 Å². The van der Waals surface area contributed by atoms with Gasteiger partial charge in [0.15, 0.2) is 0 Å². The molecule has 0 heterocycles. The number of hydrogen-bond acceptors (Lipinski definition) is 4. The summed E-state index contributed by atoms with van der Waals surface area (Å²) in [6, 6.07) is 11.4. The Morgan fingerprint density at radius 2 is 2.04 bits per heavy atom. The van der Waals surface area contributed by atoms with E-state index in [1.165, 1.54) is 18.3 Å². The second-order valence-electron chi connectivity index (χ2n) is 4.51. The van der Waals surface area contributed by atoms with Gasteiger partial charge in [0.25, 0.3) is 5.91 Å². The molecule has 0 saturated carbocycles. The molecule has 0 saturated heterocycles. The van der Waals surface area contributed by atoms with E-state index in [9.17, 15) is 9.18 Å². The van der Waals surface area contributed by atoms with Crippen LogP contribution in [0.3, 0.4) is 0 Å². The Kier molecular flexibility index (Phi) is 5.94. The molecule has 2 aromatic carbocycles. The van der Waals surface area contributed by atoms with E-state index in [-0.39, 0.29) is 23.0 Å². The normalized spacial score (nSPS) is 10.6. The van der Waals surface area contributed by atoms with Gasteiger partial charge in [-0.05, 0) is 36.4 Å². The van der Waals surface area contributed by atoms with Gasteiger partial charge in [0.05, 0.1) is 24.9 Å². The summed E-state index contributed by atoms with van der Waals surface area (Å²) >= 11 is 5.84. The number of amides is 1. The summed E-state index contributed by atoms with van der Waals surface area (Å²) in [5.74, 6) is -0.150. The summed E-state index contributed by atoms with van der Waals surface area (Å²) in [4.78, 5) is 11.7. The van der Waals surface area contributed by atoms with Crippen molar-refractivity contribution in [3.05, 3.63) is 58.9 Å². The van der Waals surface area contributed by atoms with Crippen molar-refractivity contribution in [3.63, 3.8) is 0 Å². The van der Waals surface area contributed by atoms with Crippen molar-refractivity contribution in [1.82, 2.24) is 5.43 Å². The number of halogens is 2. The summed E-state index contributed by atoms with van der Waals surface area (Å²) in [6.07, 6.45) is 1.17. The number of hydrogen-bond donors (Lipinski definition) is 2. The second kappa shape index (κ2) is 8.14. The zero-order valence-electron chi connectivity index (χ0n) is 12.3. The van der Waals surface area contributed by atoms with Crippen LogP contribution in [0, 0.1) is 5.82 Å². The molecule has 1 amide bonds. The van der Waals surface area contributed by atoms with Crippen LogP contribution in [0.4, 0.5) is 10.1 Å². The molecule has 0 bridgehead atoms. The highest BCUT2D eigenvalue weighted by atomic mass is 35.5. The number of benzene rings is 2. The van der Waals surface area contributed by atoms with Gasteiger partial charge in [0.2, 0.25) is 0 Å². The monoisotopic (exact) mass is 335 g/mol. The lowest BCUT2D eigenvalue weighted by molar-refractivity contribution is -0.119. The lowest BCUT2D eigenvalue weighted by Gasteiger charge is -2.06. The number of nitrogens with one attached hydrogen (secondary N) is 2. The predicted molar refractivity (Wildman–Crippen MR) is 88.6 cm³/mol. The van der Waals surface area contributed by atoms with Crippen molar-refractivity contribution >= 4 is 29.4 Å². The van der Waals surface area contributed by atoms with Gasteiger partial charge in [-0.1, -0.05) is 17.7 Å². The van der Waals surface area contributed by atoms with Gasteiger partial charge in [0.1, 0.15) is 11.6 Å². The van der Waals surface area contributed by atoms with Crippen LogP contribution < -0.4 is 15.5 Å². The summed E-state index contributed by atoms with van der Waals surface area (Å²) in [6.45, 7) is 0.0225. The van der Waals surface area contributed by atoms with Gasteiger partial charge in [0, 0.05) is 11.3 Å². The van der Waals surface area contributed by atoms with Crippen molar-refractivity contribution in [2.45, 2.75) is 0 Å². The lowest BCUT2D eigenvalue weighted by Crippen LogP contribution is -2.25. The summed E-state index contributed by atoms with van der Waals surface area (Å²) in [5.41, 5.74) is 3.18. The first-order chi connectivity index (χ1) is 11.1. The molecule has 0 radical (unpaired) electrons. The van der Waals surface area contributed by atoms with Crippen LogP contribution in [0.2, 0.25) is 5.02 Å². The van der Waals surface area contributed by atoms with E-state index in [0.29, 0.717) is 0 Å². The van der Waals surface area contributed by atoms with Gasteiger partial charge in [-0.3, -0.25) is 4.79 Å². The molecule has 0 aliphatic heterocycles. The third-order valence-electron chi connectivity index (χ3n) is 2.93. The molecular formula is C16H15ClFN3O2. The molecule has 0 unspecified atom stereocenters. The van der Waals surface area contributed by atoms with E-state index in [4.69, 9.17) is 16.3 Å². The van der Waals surface area contributed by atoms with Gasteiger partial charge >= 0.3 is 0 Å². The minimum absolute atomic E-state index is 0.0225.